The molecule has 1 aliphatic rings. The smallest absolute Gasteiger partial charge is 0.0600 e. The second-order valence-electron chi connectivity index (χ2n) is 4.14. The van der Waals surface area contributed by atoms with E-state index in [2.05, 4.69) is 41.6 Å². The van der Waals surface area contributed by atoms with Gasteiger partial charge in [-0.1, -0.05) is 6.92 Å². The van der Waals surface area contributed by atoms with Crippen LogP contribution in [0.15, 0.2) is 17.8 Å². The second kappa shape index (κ2) is 4.55. The molecule has 0 bridgehead atoms. The fraction of sp³-hybridized carbons (Fsp3) is 0.500. The molecule has 0 fully saturated rings. The quantitative estimate of drug-likeness (QED) is 0.752. The maximum Gasteiger partial charge on any atom is 0.0600 e. The van der Waals surface area contributed by atoms with Crippen LogP contribution in [0.1, 0.15) is 18.3 Å². The first-order valence-corrected chi connectivity index (χ1v) is 6.47. The summed E-state index contributed by atoms with van der Waals surface area (Å²) in [7, 11) is 4.01. The summed E-state index contributed by atoms with van der Waals surface area (Å²) in [6.07, 6.45) is 0. The molecule has 0 saturated carbocycles. The Morgan fingerprint density at radius 3 is 2.56 bits per heavy atom. The summed E-state index contributed by atoms with van der Waals surface area (Å²) in [5, 5.41) is 7.26. The molecule has 0 saturated heterocycles. The van der Waals surface area contributed by atoms with Crippen molar-refractivity contribution in [2.45, 2.75) is 25.1 Å². The summed E-state index contributed by atoms with van der Waals surface area (Å²) < 4.78 is 0. The largest absolute Gasteiger partial charge is 0.389 e. The molecule has 2 rings (SSSR count). The standard InChI is InChI=1S/C12H19N3S/c1-7-5-6-9(15-7)12-11(14-4)10(13-3)8(2)16-12/h5-6,8,10,13-15H,1-4H3. The summed E-state index contributed by atoms with van der Waals surface area (Å²) >= 11 is 1.92. The zero-order valence-corrected chi connectivity index (χ0v) is 11.0. The van der Waals surface area contributed by atoms with Crippen LogP contribution in [0.4, 0.5) is 0 Å². The number of aryl methyl sites for hydroxylation is 1. The highest BCUT2D eigenvalue weighted by Crippen LogP contribution is 2.42. The lowest BCUT2D eigenvalue weighted by atomic mass is 10.1. The van der Waals surface area contributed by atoms with Gasteiger partial charge < -0.3 is 15.6 Å². The van der Waals surface area contributed by atoms with Crippen LogP contribution in [0.3, 0.4) is 0 Å². The fourth-order valence-electron chi connectivity index (χ4n) is 2.19. The topological polar surface area (TPSA) is 39.9 Å². The van der Waals surface area contributed by atoms with Crippen LogP contribution in [-0.2, 0) is 0 Å². The van der Waals surface area contributed by atoms with Crippen LogP contribution in [0.25, 0.3) is 4.91 Å². The molecule has 2 heterocycles. The van der Waals surface area contributed by atoms with Gasteiger partial charge in [0.05, 0.1) is 16.6 Å². The number of nitrogens with one attached hydrogen (secondary N) is 3. The molecule has 0 spiro atoms. The van der Waals surface area contributed by atoms with Crippen LogP contribution in [0.5, 0.6) is 0 Å². The number of thioether (sulfide) groups is 1. The number of H-pyrrole nitrogens is 1. The van der Waals surface area contributed by atoms with Gasteiger partial charge in [-0.3, -0.25) is 0 Å². The first kappa shape index (κ1) is 11.6. The molecule has 3 N–H and O–H groups in total. The minimum Gasteiger partial charge on any atom is -0.389 e. The minimum absolute atomic E-state index is 0.411. The zero-order chi connectivity index (χ0) is 11.7. The molecule has 16 heavy (non-hydrogen) atoms. The molecule has 1 aliphatic heterocycles. The molecular weight excluding hydrogens is 218 g/mol. The van der Waals surface area contributed by atoms with E-state index in [9.17, 15) is 0 Å². The predicted molar refractivity (Wildman–Crippen MR) is 71.4 cm³/mol. The Kier molecular flexibility index (Phi) is 3.30. The van der Waals surface area contributed by atoms with Gasteiger partial charge in [-0.25, -0.2) is 0 Å². The first-order chi connectivity index (χ1) is 7.67. The number of hydrogen-bond acceptors (Lipinski definition) is 3. The maximum absolute atomic E-state index is 3.40. The highest BCUT2D eigenvalue weighted by atomic mass is 32.2. The molecule has 3 nitrogen and oxygen atoms in total. The van der Waals surface area contributed by atoms with E-state index in [1.54, 1.807) is 0 Å². The normalized spacial score (nSPS) is 25.2. The zero-order valence-electron chi connectivity index (χ0n) is 10.2. The Bertz CT molecular complexity index is 408. The van der Waals surface area contributed by atoms with Gasteiger partial charge in [0.15, 0.2) is 0 Å². The van der Waals surface area contributed by atoms with Crippen molar-refractivity contribution in [2.75, 3.05) is 14.1 Å². The molecule has 0 amide bonds. The van der Waals surface area contributed by atoms with E-state index >= 15 is 0 Å². The minimum atomic E-state index is 0.411. The maximum atomic E-state index is 3.40. The van der Waals surface area contributed by atoms with Gasteiger partial charge in [-0.2, -0.15) is 0 Å². The third-order valence-electron chi connectivity index (χ3n) is 2.99. The van der Waals surface area contributed by atoms with Gasteiger partial charge in [-0.05, 0) is 26.1 Å². The molecule has 1 aromatic heterocycles. The molecule has 0 aliphatic carbocycles. The van der Waals surface area contributed by atoms with E-state index in [0.29, 0.717) is 11.3 Å². The highest BCUT2D eigenvalue weighted by Gasteiger charge is 2.32. The highest BCUT2D eigenvalue weighted by molar-refractivity contribution is 8.09. The molecule has 88 valence electrons. The lowest BCUT2D eigenvalue weighted by Gasteiger charge is -2.17. The Hall–Kier alpha value is -0.870. The van der Waals surface area contributed by atoms with Crippen molar-refractivity contribution in [1.82, 2.24) is 15.6 Å². The molecule has 1 aromatic rings. The Labute approximate surface area is 101 Å². The van der Waals surface area contributed by atoms with E-state index < -0.39 is 0 Å². The summed E-state index contributed by atoms with van der Waals surface area (Å²) in [5.41, 5.74) is 3.72. The summed E-state index contributed by atoms with van der Waals surface area (Å²) in [5.74, 6) is 0. The lowest BCUT2D eigenvalue weighted by Crippen LogP contribution is -2.36. The average molecular weight is 237 g/mol. The van der Waals surface area contributed by atoms with Crippen LogP contribution >= 0.6 is 11.8 Å². The van der Waals surface area contributed by atoms with Crippen LogP contribution in [0, 0.1) is 6.92 Å². The second-order valence-corrected chi connectivity index (χ2v) is 5.52. The van der Waals surface area contributed by atoms with Crippen LogP contribution in [0.2, 0.25) is 0 Å². The van der Waals surface area contributed by atoms with E-state index in [-0.39, 0.29) is 0 Å². The Morgan fingerprint density at radius 1 is 1.31 bits per heavy atom. The van der Waals surface area contributed by atoms with Crippen molar-refractivity contribution in [2.24, 2.45) is 0 Å². The number of likely N-dealkylation sites (N-methyl/N-ethyl adjacent to an activating group) is 2. The fourth-order valence-corrected chi connectivity index (χ4v) is 3.57. The van der Waals surface area contributed by atoms with Crippen molar-refractivity contribution >= 4 is 16.7 Å². The van der Waals surface area contributed by atoms with Gasteiger partial charge in [0, 0.05) is 23.7 Å². The predicted octanol–water partition coefficient (Wildman–Crippen LogP) is 1.93. The lowest BCUT2D eigenvalue weighted by molar-refractivity contribution is 0.609. The summed E-state index contributed by atoms with van der Waals surface area (Å²) in [4.78, 5) is 4.74. The number of aromatic nitrogens is 1. The van der Waals surface area contributed by atoms with Gasteiger partial charge in [0.1, 0.15) is 0 Å². The van der Waals surface area contributed by atoms with Crippen molar-refractivity contribution in [3.63, 3.8) is 0 Å². The average Bonchev–Trinajstić information content (AvgIpc) is 2.81. The summed E-state index contributed by atoms with van der Waals surface area (Å²) in [6, 6.07) is 4.68. The van der Waals surface area contributed by atoms with Crippen LogP contribution < -0.4 is 10.6 Å². The summed E-state index contributed by atoms with van der Waals surface area (Å²) in [6.45, 7) is 4.34. The van der Waals surface area contributed by atoms with Gasteiger partial charge in [-0.15, -0.1) is 11.8 Å². The molecule has 2 unspecified atom stereocenters. The van der Waals surface area contributed by atoms with Crippen molar-refractivity contribution < 1.29 is 0 Å². The third-order valence-corrected chi connectivity index (χ3v) is 4.31. The number of aromatic amines is 1. The van der Waals surface area contributed by atoms with E-state index in [1.807, 2.05) is 25.9 Å². The van der Waals surface area contributed by atoms with Crippen molar-refractivity contribution in [3.05, 3.63) is 29.2 Å². The number of hydrogen-bond donors (Lipinski definition) is 3. The van der Waals surface area contributed by atoms with Gasteiger partial charge in [0.2, 0.25) is 0 Å². The van der Waals surface area contributed by atoms with E-state index in [1.165, 1.54) is 22.0 Å². The molecule has 0 radical (unpaired) electrons. The van der Waals surface area contributed by atoms with Crippen molar-refractivity contribution in [3.8, 4) is 0 Å². The molecular formula is C12H19N3S. The monoisotopic (exact) mass is 237 g/mol. The van der Waals surface area contributed by atoms with Gasteiger partial charge >= 0.3 is 0 Å². The Balaban J connectivity index is 2.38. The molecule has 4 heteroatoms. The van der Waals surface area contributed by atoms with Crippen molar-refractivity contribution in [1.29, 1.82) is 0 Å². The third kappa shape index (κ3) is 1.87. The number of rotatable bonds is 3. The van der Waals surface area contributed by atoms with Gasteiger partial charge in [0.25, 0.3) is 0 Å². The van der Waals surface area contributed by atoms with Crippen LogP contribution in [-0.4, -0.2) is 30.4 Å². The molecule has 0 aromatic carbocycles. The van der Waals surface area contributed by atoms with E-state index in [4.69, 9.17) is 0 Å². The Morgan fingerprint density at radius 2 is 2.06 bits per heavy atom. The first-order valence-electron chi connectivity index (χ1n) is 5.59. The van der Waals surface area contributed by atoms with E-state index in [0.717, 1.165) is 0 Å². The molecule has 2 atom stereocenters. The SMILES string of the molecule is CNC1=C(c2ccc(C)[nH]2)SC(C)C1NC.